The highest BCUT2D eigenvalue weighted by atomic mass is 32.2. The van der Waals surface area contributed by atoms with E-state index in [2.05, 4.69) is 19.1 Å². The summed E-state index contributed by atoms with van der Waals surface area (Å²) in [7, 11) is -3.18. The molecule has 0 saturated carbocycles. The minimum Gasteiger partial charge on any atom is -0.212 e. The quantitative estimate of drug-likeness (QED) is 0.422. The predicted octanol–water partition coefficient (Wildman–Crippen LogP) is 3.98. The van der Waals surface area contributed by atoms with Gasteiger partial charge in [-0.25, -0.2) is 12.7 Å². The van der Waals surface area contributed by atoms with Crippen molar-refractivity contribution in [3.63, 3.8) is 0 Å². The summed E-state index contributed by atoms with van der Waals surface area (Å²) in [4.78, 5) is 0. The Labute approximate surface area is 142 Å². The molecule has 132 valence electrons. The van der Waals surface area contributed by atoms with Crippen molar-refractivity contribution < 1.29 is 8.42 Å². The van der Waals surface area contributed by atoms with Gasteiger partial charge >= 0.3 is 0 Å². The summed E-state index contributed by atoms with van der Waals surface area (Å²) in [5.41, 5.74) is 0. The zero-order valence-corrected chi connectivity index (χ0v) is 15.3. The first-order chi connectivity index (χ1) is 11.1. The molecule has 0 spiro atoms. The fourth-order valence-electron chi connectivity index (χ4n) is 2.39. The maximum Gasteiger partial charge on any atom is 0.214 e. The second-order valence-electron chi connectivity index (χ2n) is 5.86. The fraction of sp³-hybridized carbons (Fsp3) is 0.882. The van der Waals surface area contributed by atoms with Crippen molar-refractivity contribution in [2.45, 2.75) is 77.6 Å². The maximum atomic E-state index is 12.5. The van der Waals surface area contributed by atoms with Crippen LogP contribution in [-0.4, -0.2) is 31.6 Å². The van der Waals surface area contributed by atoms with Crippen molar-refractivity contribution in [2.75, 3.05) is 18.8 Å². The number of hydrogen-bond donors (Lipinski definition) is 0. The van der Waals surface area contributed by atoms with Crippen LogP contribution in [0.3, 0.4) is 0 Å². The van der Waals surface area contributed by atoms with E-state index >= 15 is 0 Å². The minimum atomic E-state index is -3.18. The molecular formula is C17H31N3O2S. The lowest BCUT2D eigenvalue weighted by atomic mass is 10.2. The minimum absolute atomic E-state index is 0.233. The van der Waals surface area contributed by atoms with E-state index in [-0.39, 0.29) is 5.75 Å². The second-order valence-corrected chi connectivity index (χ2v) is 7.95. The van der Waals surface area contributed by atoms with Crippen molar-refractivity contribution in [3.05, 3.63) is 0 Å². The van der Waals surface area contributed by atoms with Crippen LogP contribution in [0, 0.1) is 22.7 Å². The van der Waals surface area contributed by atoms with E-state index in [1.807, 2.05) is 0 Å². The van der Waals surface area contributed by atoms with Gasteiger partial charge in [0.2, 0.25) is 10.0 Å². The van der Waals surface area contributed by atoms with E-state index in [1.54, 1.807) is 4.31 Å². The van der Waals surface area contributed by atoms with Crippen LogP contribution < -0.4 is 0 Å². The lowest BCUT2D eigenvalue weighted by Gasteiger charge is -2.22. The summed E-state index contributed by atoms with van der Waals surface area (Å²) >= 11 is 0. The van der Waals surface area contributed by atoms with Crippen LogP contribution in [0.25, 0.3) is 0 Å². The Hall–Kier alpha value is -1.11. The van der Waals surface area contributed by atoms with Crippen LogP contribution in [0.4, 0.5) is 0 Å². The first-order valence-corrected chi connectivity index (χ1v) is 10.4. The lowest BCUT2D eigenvalue weighted by Crippen LogP contribution is -2.35. The second kappa shape index (κ2) is 14.5. The van der Waals surface area contributed by atoms with E-state index < -0.39 is 10.0 Å². The molecule has 0 aliphatic heterocycles. The molecule has 23 heavy (non-hydrogen) atoms. The predicted molar refractivity (Wildman–Crippen MR) is 93.0 cm³/mol. The molecule has 0 heterocycles. The van der Waals surface area contributed by atoms with Gasteiger partial charge in [0, 0.05) is 25.9 Å². The van der Waals surface area contributed by atoms with E-state index in [4.69, 9.17) is 10.5 Å². The summed E-state index contributed by atoms with van der Waals surface area (Å²) in [6, 6.07) is 4.23. The molecule has 6 heteroatoms. The number of sulfonamides is 1. The average Bonchev–Trinajstić information content (AvgIpc) is 2.52. The van der Waals surface area contributed by atoms with Crippen LogP contribution in [0.15, 0.2) is 0 Å². The third kappa shape index (κ3) is 12.0. The highest BCUT2D eigenvalue weighted by Gasteiger charge is 2.20. The standard InChI is InChI=1S/C17H31N3O2S/c1-2-3-12-17-23(21,22)20(15-10-6-4-8-13-18)16-11-7-5-9-14-19/h2-12,15-17H2,1H3. The van der Waals surface area contributed by atoms with Crippen molar-refractivity contribution >= 4 is 10.0 Å². The average molecular weight is 342 g/mol. The number of rotatable bonds is 15. The summed E-state index contributed by atoms with van der Waals surface area (Å²) < 4.78 is 26.6. The van der Waals surface area contributed by atoms with Crippen LogP contribution in [0.2, 0.25) is 0 Å². The number of nitrogens with zero attached hydrogens (tertiary/aromatic N) is 3. The number of unbranched alkanes of at least 4 members (excludes halogenated alkanes) is 8. The van der Waals surface area contributed by atoms with Crippen molar-refractivity contribution in [1.29, 1.82) is 10.5 Å². The number of hydrogen-bond acceptors (Lipinski definition) is 4. The van der Waals surface area contributed by atoms with Crippen LogP contribution >= 0.6 is 0 Å². The maximum absolute atomic E-state index is 12.5. The van der Waals surface area contributed by atoms with E-state index in [0.29, 0.717) is 25.9 Å². The molecule has 0 unspecified atom stereocenters. The summed E-state index contributed by atoms with van der Waals surface area (Å²) in [5.74, 6) is 0.233. The van der Waals surface area contributed by atoms with E-state index in [0.717, 1.165) is 57.8 Å². The van der Waals surface area contributed by atoms with Gasteiger partial charge in [-0.1, -0.05) is 32.6 Å². The number of nitriles is 2. The Morgan fingerprint density at radius 1 is 0.783 bits per heavy atom. The first-order valence-electron chi connectivity index (χ1n) is 8.80. The lowest BCUT2D eigenvalue weighted by molar-refractivity contribution is 0.386. The molecule has 0 aliphatic rings. The Morgan fingerprint density at radius 3 is 1.74 bits per heavy atom. The molecule has 0 amide bonds. The highest BCUT2D eigenvalue weighted by Crippen LogP contribution is 2.12. The van der Waals surface area contributed by atoms with Gasteiger partial charge in [0.15, 0.2) is 0 Å². The van der Waals surface area contributed by atoms with E-state index in [9.17, 15) is 8.42 Å². The molecule has 0 aromatic carbocycles. The molecule has 0 rings (SSSR count). The Kier molecular flexibility index (Phi) is 13.8. The smallest absolute Gasteiger partial charge is 0.212 e. The summed E-state index contributed by atoms with van der Waals surface area (Å²) in [5, 5.41) is 17.1. The van der Waals surface area contributed by atoms with Crippen molar-refractivity contribution in [2.24, 2.45) is 0 Å². The molecule has 0 fully saturated rings. The summed E-state index contributed by atoms with van der Waals surface area (Å²) in [6.45, 7) is 3.17. The van der Waals surface area contributed by atoms with Gasteiger partial charge in [0.1, 0.15) is 0 Å². The van der Waals surface area contributed by atoms with Crippen LogP contribution in [0.5, 0.6) is 0 Å². The van der Waals surface area contributed by atoms with Gasteiger partial charge in [-0.2, -0.15) is 10.5 Å². The Balaban J connectivity index is 4.35. The van der Waals surface area contributed by atoms with Gasteiger partial charge in [-0.3, -0.25) is 0 Å². The van der Waals surface area contributed by atoms with Crippen LogP contribution in [0.1, 0.15) is 77.6 Å². The largest absolute Gasteiger partial charge is 0.214 e. The molecule has 0 bridgehead atoms. The molecule has 0 N–H and O–H groups in total. The van der Waals surface area contributed by atoms with Crippen molar-refractivity contribution in [1.82, 2.24) is 4.31 Å². The van der Waals surface area contributed by atoms with E-state index in [1.165, 1.54) is 0 Å². The molecule has 0 atom stereocenters. The van der Waals surface area contributed by atoms with Gasteiger partial charge in [-0.05, 0) is 32.1 Å². The van der Waals surface area contributed by atoms with Gasteiger partial charge in [0.25, 0.3) is 0 Å². The zero-order valence-electron chi connectivity index (χ0n) is 14.5. The topological polar surface area (TPSA) is 85.0 Å². The third-order valence-corrected chi connectivity index (χ3v) is 5.75. The molecule has 5 nitrogen and oxygen atoms in total. The molecule has 0 aromatic rings. The Bertz CT molecular complexity index is 439. The van der Waals surface area contributed by atoms with Crippen molar-refractivity contribution in [3.8, 4) is 12.1 Å². The monoisotopic (exact) mass is 341 g/mol. The first kappa shape index (κ1) is 21.9. The fourth-order valence-corrected chi connectivity index (χ4v) is 4.03. The normalized spacial score (nSPS) is 11.3. The molecule has 0 radical (unpaired) electrons. The SMILES string of the molecule is CCCCCS(=O)(=O)N(CCCCCC#N)CCCCCC#N. The van der Waals surface area contributed by atoms with Gasteiger partial charge in [0.05, 0.1) is 17.9 Å². The zero-order chi connectivity index (χ0) is 17.4. The molecule has 0 saturated heterocycles. The molecule has 0 aliphatic carbocycles. The Morgan fingerprint density at radius 2 is 1.30 bits per heavy atom. The molecular weight excluding hydrogens is 310 g/mol. The van der Waals surface area contributed by atoms with Gasteiger partial charge < -0.3 is 0 Å². The van der Waals surface area contributed by atoms with Gasteiger partial charge in [-0.15, -0.1) is 0 Å². The van der Waals surface area contributed by atoms with Crippen LogP contribution in [-0.2, 0) is 10.0 Å². The highest BCUT2D eigenvalue weighted by molar-refractivity contribution is 7.89. The third-order valence-electron chi connectivity index (χ3n) is 3.79. The summed E-state index contributed by atoms with van der Waals surface area (Å²) in [6.07, 6.45) is 8.83. The molecule has 0 aromatic heterocycles.